The fourth-order valence-corrected chi connectivity index (χ4v) is 3.60. The summed E-state index contributed by atoms with van der Waals surface area (Å²) in [6.07, 6.45) is 5.84. The minimum absolute atomic E-state index is 0.0453. The van der Waals surface area contributed by atoms with Crippen LogP contribution in [0.3, 0.4) is 0 Å². The van der Waals surface area contributed by atoms with E-state index in [1.807, 2.05) is 29.2 Å². The van der Waals surface area contributed by atoms with E-state index in [9.17, 15) is 9.59 Å². The summed E-state index contributed by atoms with van der Waals surface area (Å²) in [5.41, 5.74) is 1.14. The molecule has 2 aliphatic rings. The molecule has 1 saturated carbocycles. The molecule has 2 fully saturated rings. The third-order valence-electron chi connectivity index (χ3n) is 5.32. The van der Waals surface area contributed by atoms with Gasteiger partial charge in [-0.3, -0.25) is 9.59 Å². The average Bonchev–Trinajstić information content (AvgIpc) is 3.39. The smallest absolute Gasteiger partial charge is 0.240 e. The largest absolute Gasteiger partial charge is 0.342 e. The molecule has 0 atom stereocenters. The Morgan fingerprint density at radius 3 is 2.25 bits per heavy atom. The lowest BCUT2D eigenvalue weighted by Crippen LogP contribution is -2.43. The lowest BCUT2D eigenvalue weighted by molar-refractivity contribution is -0.142. The normalized spacial score (nSPS) is 19.7. The second-order valence-electron chi connectivity index (χ2n) is 7.48. The van der Waals surface area contributed by atoms with E-state index in [0.717, 1.165) is 37.2 Å². The molecule has 1 aliphatic carbocycles. The first kappa shape index (κ1) is 17.0. The van der Waals surface area contributed by atoms with Crippen molar-refractivity contribution in [3.05, 3.63) is 29.8 Å². The van der Waals surface area contributed by atoms with Crippen LogP contribution in [0.5, 0.6) is 0 Å². The molecule has 1 saturated heterocycles. The van der Waals surface area contributed by atoms with Crippen molar-refractivity contribution in [1.29, 1.82) is 0 Å². The number of anilines is 1. The van der Waals surface area contributed by atoms with Crippen molar-refractivity contribution in [1.82, 2.24) is 4.90 Å². The van der Waals surface area contributed by atoms with Gasteiger partial charge in [0.15, 0.2) is 0 Å². The number of carbonyl (C=O) groups excluding carboxylic acids is 2. The third kappa shape index (κ3) is 3.33. The van der Waals surface area contributed by atoms with Crippen LogP contribution in [0.1, 0.15) is 63.9 Å². The Hall–Kier alpha value is -1.84. The van der Waals surface area contributed by atoms with Gasteiger partial charge in [-0.05, 0) is 43.2 Å². The SMILES string of the molecule is CC(C)c1ccccc1NC(=O)C1(C(=O)N2CCCCCC2)CC1. The molecule has 4 nitrogen and oxygen atoms in total. The highest BCUT2D eigenvalue weighted by molar-refractivity contribution is 6.13. The summed E-state index contributed by atoms with van der Waals surface area (Å²) >= 11 is 0. The van der Waals surface area contributed by atoms with Gasteiger partial charge in [0.25, 0.3) is 0 Å². The minimum Gasteiger partial charge on any atom is -0.342 e. The number of hydrogen-bond donors (Lipinski definition) is 1. The molecule has 1 aromatic carbocycles. The lowest BCUT2D eigenvalue weighted by atomic mass is 9.99. The Bertz CT molecular complexity index is 612. The lowest BCUT2D eigenvalue weighted by Gasteiger charge is -2.26. The van der Waals surface area contributed by atoms with Gasteiger partial charge in [-0.1, -0.05) is 44.9 Å². The summed E-state index contributed by atoms with van der Waals surface area (Å²) in [7, 11) is 0. The molecule has 0 bridgehead atoms. The maximum atomic E-state index is 13.0. The van der Waals surface area contributed by atoms with E-state index < -0.39 is 5.41 Å². The molecule has 4 heteroatoms. The van der Waals surface area contributed by atoms with Gasteiger partial charge in [-0.25, -0.2) is 0 Å². The first-order valence-corrected chi connectivity index (χ1v) is 9.24. The molecule has 24 heavy (non-hydrogen) atoms. The van der Waals surface area contributed by atoms with Gasteiger partial charge in [-0.2, -0.15) is 0 Å². The predicted molar refractivity (Wildman–Crippen MR) is 95.9 cm³/mol. The zero-order valence-electron chi connectivity index (χ0n) is 14.8. The molecule has 1 aliphatic heterocycles. The van der Waals surface area contributed by atoms with Crippen molar-refractivity contribution in [3.63, 3.8) is 0 Å². The molecule has 0 radical (unpaired) electrons. The summed E-state index contributed by atoms with van der Waals surface area (Å²) in [6, 6.07) is 7.88. The number of nitrogens with one attached hydrogen (secondary N) is 1. The second kappa shape index (κ2) is 6.96. The van der Waals surface area contributed by atoms with Crippen LogP contribution < -0.4 is 5.32 Å². The third-order valence-corrected chi connectivity index (χ3v) is 5.32. The average molecular weight is 328 g/mol. The van der Waals surface area contributed by atoms with Crippen molar-refractivity contribution in [2.75, 3.05) is 18.4 Å². The molecule has 0 unspecified atom stereocenters. The fourth-order valence-electron chi connectivity index (χ4n) is 3.60. The fraction of sp³-hybridized carbons (Fsp3) is 0.600. The number of carbonyl (C=O) groups is 2. The number of benzene rings is 1. The van der Waals surface area contributed by atoms with Gasteiger partial charge in [-0.15, -0.1) is 0 Å². The van der Waals surface area contributed by atoms with Crippen molar-refractivity contribution >= 4 is 17.5 Å². The minimum atomic E-state index is -0.811. The van der Waals surface area contributed by atoms with Crippen LogP contribution >= 0.6 is 0 Å². The number of para-hydroxylation sites is 1. The van der Waals surface area contributed by atoms with E-state index in [0.29, 0.717) is 18.8 Å². The molecule has 0 spiro atoms. The summed E-state index contributed by atoms with van der Waals surface area (Å²) in [5, 5.41) is 3.04. The van der Waals surface area contributed by atoms with Crippen LogP contribution in [-0.4, -0.2) is 29.8 Å². The monoisotopic (exact) mass is 328 g/mol. The van der Waals surface area contributed by atoms with Gasteiger partial charge in [0.1, 0.15) is 5.41 Å². The molecule has 2 amide bonds. The van der Waals surface area contributed by atoms with Crippen LogP contribution in [0.4, 0.5) is 5.69 Å². The van der Waals surface area contributed by atoms with Crippen molar-refractivity contribution in [2.24, 2.45) is 5.41 Å². The van der Waals surface area contributed by atoms with E-state index in [1.54, 1.807) is 0 Å². The van der Waals surface area contributed by atoms with E-state index >= 15 is 0 Å². The van der Waals surface area contributed by atoms with E-state index in [1.165, 1.54) is 12.8 Å². The van der Waals surface area contributed by atoms with Crippen LogP contribution in [-0.2, 0) is 9.59 Å². The molecule has 0 aromatic heterocycles. The van der Waals surface area contributed by atoms with E-state index in [-0.39, 0.29) is 11.8 Å². The Kier molecular flexibility index (Phi) is 4.93. The van der Waals surface area contributed by atoms with Gasteiger partial charge < -0.3 is 10.2 Å². The molecule has 1 N–H and O–H groups in total. The number of nitrogens with zero attached hydrogens (tertiary/aromatic N) is 1. The van der Waals surface area contributed by atoms with E-state index in [4.69, 9.17) is 0 Å². The predicted octanol–water partition coefficient (Wildman–Crippen LogP) is 3.93. The highest BCUT2D eigenvalue weighted by Crippen LogP contribution is 2.48. The summed E-state index contributed by atoms with van der Waals surface area (Å²) in [6.45, 7) is 5.83. The standard InChI is InChI=1S/C20H28N2O2/c1-15(2)16-9-5-6-10-17(16)21-18(23)20(11-12-20)19(24)22-13-7-3-4-8-14-22/h5-6,9-10,15H,3-4,7-8,11-14H2,1-2H3,(H,21,23). The van der Waals surface area contributed by atoms with Crippen molar-refractivity contribution < 1.29 is 9.59 Å². The second-order valence-corrected chi connectivity index (χ2v) is 7.48. The molecule has 1 heterocycles. The van der Waals surface area contributed by atoms with Crippen LogP contribution in [0.25, 0.3) is 0 Å². The van der Waals surface area contributed by atoms with E-state index in [2.05, 4.69) is 19.2 Å². The first-order valence-electron chi connectivity index (χ1n) is 9.24. The zero-order valence-corrected chi connectivity index (χ0v) is 14.8. The molecule has 1 aromatic rings. The summed E-state index contributed by atoms with van der Waals surface area (Å²) in [4.78, 5) is 27.8. The van der Waals surface area contributed by atoms with Crippen molar-refractivity contribution in [2.45, 2.75) is 58.3 Å². The summed E-state index contributed by atoms with van der Waals surface area (Å²) in [5.74, 6) is 0.256. The topological polar surface area (TPSA) is 49.4 Å². The van der Waals surface area contributed by atoms with Gasteiger partial charge in [0, 0.05) is 18.8 Å². The number of hydrogen-bond acceptors (Lipinski definition) is 2. The highest BCUT2D eigenvalue weighted by Gasteiger charge is 2.58. The number of amides is 2. The van der Waals surface area contributed by atoms with Gasteiger partial charge >= 0.3 is 0 Å². The highest BCUT2D eigenvalue weighted by atomic mass is 16.2. The first-order chi connectivity index (χ1) is 11.5. The Labute approximate surface area is 144 Å². The van der Waals surface area contributed by atoms with Crippen LogP contribution in [0.2, 0.25) is 0 Å². The molecule has 3 rings (SSSR count). The quantitative estimate of drug-likeness (QED) is 0.851. The van der Waals surface area contributed by atoms with Crippen molar-refractivity contribution in [3.8, 4) is 0 Å². The molecular weight excluding hydrogens is 300 g/mol. The van der Waals surface area contributed by atoms with Crippen LogP contribution in [0, 0.1) is 5.41 Å². The summed E-state index contributed by atoms with van der Waals surface area (Å²) < 4.78 is 0. The molecule has 130 valence electrons. The maximum absolute atomic E-state index is 13.0. The maximum Gasteiger partial charge on any atom is 0.240 e. The zero-order chi connectivity index (χ0) is 17.2. The number of rotatable bonds is 4. The van der Waals surface area contributed by atoms with Gasteiger partial charge in [0.05, 0.1) is 0 Å². The Morgan fingerprint density at radius 1 is 1.04 bits per heavy atom. The Morgan fingerprint density at radius 2 is 1.67 bits per heavy atom. The van der Waals surface area contributed by atoms with Crippen LogP contribution in [0.15, 0.2) is 24.3 Å². The van der Waals surface area contributed by atoms with Gasteiger partial charge in [0.2, 0.25) is 11.8 Å². The number of likely N-dealkylation sites (tertiary alicyclic amines) is 1. The molecular formula is C20H28N2O2. The Balaban J connectivity index is 1.73.